The van der Waals surface area contributed by atoms with E-state index in [-0.39, 0.29) is 0 Å². The Morgan fingerprint density at radius 3 is 2.94 bits per heavy atom. The Morgan fingerprint density at radius 2 is 2.39 bits per heavy atom. The Morgan fingerprint density at radius 1 is 1.61 bits per heavy atom. The van der Waals surface area contributed by atoms with Crippen LogP contribution in [0.25, 0.3) is 0 Å². The van der Waals surface area contributed by atoms with E-state index in [1.165, 1.54) is 19.4 Å². The minimum absolute atomic E-state index is 0.374. The summed E-state index contributed by atoms with van der Waals surface area (Å²) >= 11 is 11.1. The van der Waals surface area contributed by atoms with Crippen molar-refractivity contribution in [2.75, 3.05) is 25.5 Å². The van der Waals surface area contributed by atoms with Gasteiger partial charge in [0.05, 0.1) is 10.7 Å². The molecular weight excluding hydrogens is 266 g/mol. The molecule has 2 rings (SSSR count). The summed E-state index contributed by atoms with van der Waals surface area (Å²) in [7, 11) is 2.16. The number of hydrogen-bond acceptors (Lipinski definition) is 3. The number of likely N-dealkylation sites (tertiary alicyclic amines) is 1. The fraction of sp³-hybridized carbons (Fsp3) is 0.462. The van der Waals surface area contributed by atoms with Crippen molar-refractivity contribution in [3.05, 3.63) is 28.8 Å². The summed E-state index contributed by atoms with van der Waals surface area (Å²) in [5, 5.41) is 4.06. The average Bonchev–Trinajstić information content (AvgIpc) is 2.73. The van der Waals surface area contributed by atoms with Gasteiger partial charge < -0.3 is 16.0 Å². The molecule has 0 aliphatic carbocycles. The van der Waals surface area contributed by atoms with Gasteiger partial charge in [-0.15, -0.1) is 0 Å². The highest BCUT2D eigenvalue weighted by molar-refractivity contribution is 7.80. The molecule has 3 nitrogen and oxygen atoms in total. The number of hydrogen-bond donors (Lipinski definition) is 2. The lowest BCUT2D eigenvalue weighted by atomic mass is 10.2. The predicted octanol–water partition coefficient (Wildman–Crippen LogP) is 2.48. The van der Waals surface area contributed by atoms with E-state index in [0.29, 0.717) is 16.1 Å². The summed E-state index contributed by atoms with van der Waals surface area (Å²) in [6.07, 6.45) is 2.52. The molecule has 18 heavy (non-hydrogen) atoms. The van der Waals surface area contributed by atoms with Gasteiger partial charge in [-0.25, -0.2) is 0 Å². The minimum atomic E-state index is 0.374. The average molecular weight is 284 g/mol. The number of benzene rings is 1. The molecule has 1 atom stereocenters. The summed E-state index contributed by atoms with van der Waals surface area (Å²) in [6.45, 7) is 2.10. The molecule has 1 fully saturated rings. The molecule has 1 heterocycles. The van der Waals surface area contributed by atoms with E-state index in [2.05, 4.69) is 17.3 Å². The lowest BCUT2D eigenvalue weighted by Gasteiger charge is -2.20. The third kappa shape index (κ3) is 3.13. The van der Waals surface area contributed by atoms with Gasteiger partial charge in [0.15, 0.2) is 0 Å². The maximum Gasteiger partial charge on any atom is 0.104 e. The van der Waals surface area contributed by atoms with Crippen molar-refractivity contribution in [1.29, 1.82) is 0 Å². The second kappa shape index (κ2) is 5.87. The highest BCUT2D eigenvalue weighted by Gasteiger charge is 2.20. The van der Waals surface area contributed by atoms with Crippen LogP contribution in [0.4, 0.5) is 5.69 Å². The quantitative estimate of drug-likeness (QED) is 0.833. The van der Waals surface area contributed by atoms with E-state index < -0.39 is 0 Å². The predicted molar refractivity (Wildman–Crippen MR) is 81.5 cm³/mol. The zero-order valence-corrected chi connectivity index (χ0v) is 12.0. The lowest BCUT2D eigenvalue weighted by Crippen LogP contribution is -2.31. The van der Waals surface area contributed by atoms with Gasteiger partial charge in [-0.2, -0.15) is 0 Å². The van der Waals surface area contributed by atoms with Crippen LogP contribution in [0.3, 0.4) is 0 Å². The molecule has 1 aliphatic rings. The Kier molecular flexibility index (Phi) is 4.43. The van der Waals surface area contributed by atoms with Crippen molar-refractivity contribution >= 4 is 34.5 Å². The summed E-state index contributed by atoms with van der Waals surface area (Å²) in [4.78, 5) is 2.75. The van der Waals surface area contributed by atoms with E-state index >= 15 is 0 Å². The van der Waals surface area contributed by atoms with Gasteiger partial charge in [0, 0.05) is 18.2 Å². The second-order valence-corrected chi connectivity index (χ2v) is 5.56. The molecule has 3 N–H and O–H groups in total. The molecule has 1 aliphatic heterocycles. The summed E-state index contributed by atoms with van der Waals surface area (Å²) in [5.41, 5.74) is 7.32. The molecule has 0 saturated carbocycles. The molecule has 98 valence electrons. The van der Waals surface area contributed by atoms with Crippen molar-refractivity contribution in [3.8, 4) is 0 Å². The highest BCUT2D eigenvalue weighted by atomic mass is 35.5. The standard InChI is InChI=1S/C13H18ClN3S/c1-17-6-2-3-10(17)8-16-12-5-4-9(13(15)18)7-11(12)14/h4-5,7,10,16H,2-3,6,8H2,1H3,(H2,15,18). The summed E-state index contributed by atoms with van der Waals surface area (Å²) < 4.78 is 0. The molecule has 0 radical (unpaired) electrons. The zero-order valence-electron chi connectivity index (χ0n) is 10.4. The number of nitrogens with two attached hydrogens (primary N) is 1. The topological polar surface area (TPSA) is 41.3 Å². The van der Waals surface area contributed by atoms with Crippen LogP contribution >= 0.6 is 23.8 Å². The SMILES string of the molecule is CN1CCCC1CNc1ccc(C(N)=S)cc1Cl. The van der Waals surface area contributed by atoms with Crippen LogP contribution in [0.5, 0.6) is 0 Å². The van der Waals surface area contributed by atoms with E-state index in [1.807, 2.05) is 18.2 Å². The number of thiocarbonyl (C=S) groups is 1. The largest absolute Gasteiger partial charge is 0.389 e. The maximum absolute atomic E-state index is 6.20. The molecule has 0 spiro atoms. The van der Waals surface area contributed by atoms with E-state index in [1.54, 1.807) is 0 Å². The fourth-order valence-electron chi connectivity index (χ4n) is 2.28. The number of rotatable bonds is 4. The van der Waals surface area contributed by atoms with Crippen LogP contribution in [0.1, 0.15) is 18.4 Å². The molecule has 0 amide bonds. The summed E-state index contributed by atoms with van der Waals surface area (Å²) in [5.74, 6) is 0. The maximum atomic E-state index is 6.20. The zero-order chi connectivity index (χ0) is 13.1. The van der Waals surface area contributed by atoms with E-state index in [4.69, 9.17) is 29.6 Å². The first-order valence-corrected chi connectivity index (χ1v) is 6.90. The molecule has 1 saturated heterocycles. The van der Waals surface area contributed by atoms with Crippen LogP contribution in [-0.2, 0) is 0 Å². The first-order chi connectivity index (χ1) is 8.58. The van der Waals surface area contributed by atoms with Crippen LogP contribution < -0.4 is 11.1 Å². The van der Waals surface area contributed by atoms with Gasteiger partial charge in [-0.05, 0) is 44.6 Å². The number of nitrogens with zero attached hydrogens (tertiary/aromatic N) is 1. The third-order valence-corrected chi connectivity index (χ3v) is 4.00. The van der Waals surface area contributed by atoms with Gasteiger partial charge in [0.2, 0.25) is 0 Å². The molecule has 0 aromatic heterocycles. The Bertz CT molecular complexity index is 450. The van der Waals surface area contributed by atoms with Crippen LogP contribution in [0, 0.1) is 0 Å². The van der Waals surface area contributed by atoms with Crippen molar-refractivity contribution < 1.29 is 0 Å². The van der Waals surface area contributed by atoms with E-state index in [9.17, 15) is 0 Å². The molecule has 5 heteroatoms. The monoisotopic (exact) mass is 283 g/mol. The van der Waals surface area contributed by atoms with Gasteiger partial charge in [-0.3, -0.25) is 0 Å². The van der Waals surface area contributed by atoms with Crippen molar-refractivity contribution in [2.45, 2.75) is 18.9 Å². The molecular formula is C13H18ClN3S. The van der Waals surface area contributed by atoms with Crippen LogP contribution in [0.2, 0.25) is 5.02 Å². The smallest absolute Gasteiger partial charge is 0.104 e. The number of halogens is 1. The number of nitrogens with one attached hydrogen (secondary N) is 1. The highest BCUT2D eigenvalue weighted by Crippen LogP contribution is 2.24. The number of anilines is 1. The van der Waals surface area contributed by atoms with Crippen LogP contribution in [0.15, 0.2) is 18.2 Å². The third-order valence-electron chi connectivity index (χ3n) is 3.45. The molecule has 0 bridgehead atoms. The fourth-order valence-corrected chi connectivity index (χ4v) is 2.65. The summed E-state index contributed by atoms with van der Waals surface area (Å²) in [6, 6.07) is 6.24. The Labute approximate surface area is 118 Å². The van der Waals surface area contributed by atoms with Crippen molar-refractivity contribution in [2.24, 2.45) is 5.73 Å². The Balaban J connectivity index is 1.99. The Hall–Kier alpha value is -0.840. The van der Waals surface area contributed by atoms with Gasteiger partial charge in [0.25, 0.3) is 0 Å². The lowest BCUT2D eigenvalue weighted by molar-refractivity contribution is 0.322. The van der Waals surface area contributed by atoms with Gasteiger partial charge >= 0.3 is 0 Å². The minimum Gasteiger partial charge on any atom is -0.389 e. The molecule has 1 aromatic rings. The van der Waals surface area contributed by atoms with Gasteiger partial charge in [-0.1, -0.05) is 23.8 Å². The van der Waals surface area contributed by atoms with E-state index in [0.717, 1.165) is 17.8 Å². The van der Waals surface area contributed by atoms with Crippen molar-refractivity contribution in [3.63, 3.8) is 0 Å². The molecule has 1 aromatic carbocycles. The first-order valence-electron chi connectivity index (χ1n) is 6.11. The van der Waals surface area contributed by atoms with Crippen LogP contribution in [-0.4, -0.2) is 36.1 Å². The number of likely N-dealkylation sites (N-methyl/N-ethyl adjacent to an activating group) is 1. The van der Waals surface area contributed by atoms with Crippen molar-refractivity contribution in [1.82, 2.24) is 4.90 Å². The second-order valence-electron chi connectivity index (χ2n) is 4.72. The van der Waals surface area contributed by atoms with Gasteiger partial charge in [0.1, 0.15) is 4.99 Å². The first kappa shape index (κ1) is 13.6. The normalized spacial score (nSPS) is 20.0. The molecule has 1 unspecified atom stereocenters.